The summed E-state index contributed by atoms with van der Waals surface area (Å²) >= 11 is 0. The maximum absolute atomic E-state index is 12.7. The van der Waals surface area contributed by atoms with Crippen molar-refractivity contribution in [3.8, 4) is 29.0 Å². The number of benzene rings is 3. The van der Waals surface area contributed by atoms with E-state index in [4.69, 9.17) is 4.74 Å². The number of nitrogens with zero attached hydrogens (tertiary/aromatic N) is 3. The lowest BCUT2D eigenvalue weighted by molar-refractivity contribution is 0.463. The van der Waals surface area contributed by atoms with Crippen molar-refractivity contribution in [3.63, 3.8) is 0 Å². The fraction of sp³-hybridized carbons (Fsp3) is 0. The molecular formula is C23H16N4O3S. The Morgan fingerprint density at radius 3 is 2.26 bits per heavy atom. The van der Waals surface area contributed by atoms with Gasteiger partial charge in [-0.25, -0.2) is 18.1 Å². The molecule has 0 saturated carbocycles. The maximum Gasteiger partial charge on any atom is 0.264 e. The van der Waals surface area contributed by atoms with Crippen LogP contribution in [-0.2, 0) is 10.0 Å². The van der Waals surface area contributed by atoms with E-state index < -0.39 is 10.0 Å². The number of anilines is 1. The molecule has 1 heterocycles. The van der Waals surface area contributed by atoms with E-state index in [2.05, 4.69) is 20.8 Å². The van der Waals surface area contributed by atoms with E-state index in [1.54, 1.807) is 60.7 Å². The maximum atomic E-state index is 12.7. The molecule has 0 saturated heterocycles. The minimum atomic E-state index is -3.90. The molecule has 4 aromatic rings. The molecule has 0 aliphatic rings. The summed E-state index contributed by atoms with van der Waals surface area (Å²) in [5.74, 6) is 0.550. The van der Waals surface area contributed by atoms with Crippen molar-refractivity contribution < 1.29 is 13.2 Å². The van der Waals surface area contributed by atoms with Crippen LogP contribution in [0.1, 0.15) is 5.56 Å². The van der Waals surface area contributed by atoms with Gasteiger partial charge in [0, 0.05) is 11.6 Å². The number of hydrogen-bond donors (Lipinski definition) is 1. The number of ether oxygens (including phenoxy) is 1. The SMILES string of the molecule is N#Cc1cccc(-c2cc(Oc3ccccc3)nc(NS(=O)(=O)c3ccccc3)n2)c1. The van der Waals surface area contributed by atoms with Crippen LogP contribution >= 0.6 is 0 Å². The van der Waals surface area contributed by atoms with Crippen molar-refractivity contribution in [1.29, 1.82) is 5.26 Å². The second-order valence-electron chi connectivity index (χ2n) is 6.44. The van der Waals surface area contributed by atoms with Gasteiger partial charge in [0.25, 0.3) is 10.0 Å². The Bertz CT molecular complexity index is 1350. The summed E-state index contributed by atoms with van der Waals surface area (Å²) in [6.07, 6.45) is 0. The lowest BCUT2D eigenvalue weighted by atomic mass is 10.1. The standard InChI is InChI=1S/C23H16N4O3S/c24-16-17-8-7-9-18(14-17)21-15-22(30-19-10-3-1-4-11-19)26-23(25-21)27-31(28,29)20-12-5-2-6-13-20/h1-15H,(H,25,26,27). The van der Waals surface area contributed by atoms with Crippen LogP contribution < -0.4 is 9.46 Å². The molecular weight excluding hydrogens is 412 g/mol. The molecule has 1 aromatic heterocycles. The second kappa shape index (κ2) is 8.65. The lowest BCUT2D eigenvalue weighted by Crippen LogP contribution is -2.15. The predicted octanol–water partition coefficient (Wildman–Crippen LogP) is 4.61. The van der Waals surface area contributed by atoms with Gasteiger partial charge >= 0.3 is 0 Å². The van der Waals surface area contributed by atoms with Crippen LogP contribution in [0.25, 0.3) is 11.3 Å². The summed E-state index contributed by atoms with van der Waals surface area (Å²) < 4.78 is 33.7. The summed E-state index contributed by atoms with van der Waals surface area (Å²) in [7, 11) is -3.90. The molecule has 0 aliphatic heterocycles. The molecule has 0 bridgehead atoms. The smallest absolute Gasteiger partial charge is 0.264 e. The minimum absolute atomic E-state index is 0.0843. The van der Waals surface area contributed by atoms with E-state index in [-0.39, 0.29) is 16.7 Å². The Morgan fingerprint density at radius 1 is 0.839 bits per heavy atom. The van der Waals surface area contributed by atoms with Crippen LogP contribution in [-0.4, -0.2) is 18.4 Å². The molecule has 7 nitrogen and oxygen atoms in total. The number of para-hydroxylation sites is 1. The Labute approximate surface area is 179 Å². The number of rotatable bonds is 6. The fourth-order valence-electron chi connectivity index (χ4n) is 2.81. The first kappa shape index (κ1) is 20.1. The zero-order valence-electron chi connectivity index (χ0n) is 16.1. The molecule has 0 atom stereocenters. The molecule has 4 rings (SSSR count). The van der Waals surface area contributed by atoms with E-state index in [0.717, 1.165) is 0 Å². The third-order valence-corrected chi connectivity index (χ3v) is 5.58. The largest absolute Gasteiger partial charge is 0.439 e. The molecule has 1 N–H and O–H groups in total. The van der Waals surface area contributed by atoms with E-state index in [0.29, 0.717) is 22.6 Å². The third-order valence-electron chi connectivity index (χ3n) is 4.23. The molecule has 31 heavy (non-hydrogen) atoms. The molecule has 152 valence electrons. The molecule has 0 radical (unpaired) electrons. The van der Waals surface area contributed by atoms with Gasteiger partial charge in [-0.3, -0.25) is 0 Å². The topological polar surface area (TPSA) is 105 Å². The van der Waals surface area contributed by atoms with Gasteiger partial charge in [0.1, 0.15) is 5.75 Å². The van der Waals surface area contributed by atoms with Gasteiger partial charge in [-0.1, -0.05) is 48.5 Å². The van der Waals surface area contributed by atoms with E-state index in [9.17, 15) is 13.7 Å². The van der Waals surface area contributed by atoms with Crippen LogP contribution in [0.5, 0.6) is 11.6 Å². The lowest BCUT2D eigenvalue weighted by Gasteiger charge is -2.11. The van der Waals surface area contributed by atoms with Crippen LogP contribution in [0.4, 0.5) is 5.95 Å². The number of aromatic nitrogens is 2. The first-order valence-electron chi connectivity index (χ1n) is 9.24. The Balaban J connectivity index is 1.76. The molecule has 8 heteroatoms. The van der Waals surface area contributed by atoms with Crippen LogP contribution in [0.2, 0.25) is 0 Å². The number of sulfonamides is 1. The second-order valence-corrected chi connectivity index (χ2v) is 8.12. The highest BCUT2D eigenvalue weighted by molar-refractivity contribution is 7.92. The van der Waals surface area contributed by atoms with E-state index >= 15 is 0 Å². The van der Waals surface area contributed by atoms with Gasteiger partial charge in [0.15, 0.2) is 0 Å². The van der Waals surface area contributed by atoms with Crippen LogP contribution in [0, 0.1) is 11.3 Å². The van der Waals surface area contributed by atoms with Crippen molar-refractivity contribution in [2.45, 2.75) is 4.90 Å². The van der Waals surface area contributed by atoms with Crippen LogP contribution in [0.3, 0.4) is 0 Å². The normalized spacial score (nSPS) is 10.8. The zero-order chi connectivity index (χ0) is 21.7. The summed E-state index contributed by atoms with van der Waals surface area (Å²) in [6.45, 7) is 0. The quantitative estimate of drug-likeness (QED) is 0.481. The van der Waals surface area contributed by atoms with E-state index in [1.807, 2.05) is 18.2 Å². The third kappa shape index (κ3) is 4.86. The summed E-state index contributed by atoms with van der Waals surface area (Å²) in [5.41, 5.74) is 1.48. The minimum Gasteiger partial charge on any atom is -0.439 e. The summed E-state index contributed by atoms with van der Waals surface area (Å²) in [6, 6.07) is 27.4. The molecule has 0 fully saturated rings. The average molecular weight is 428 g/mol. The Kier molecular flexibility index (Phi) is 5.60. The molecule has 0 unspecified atom stereocenters. The molecule has 0 spiro atoms. The number of nitriles is 1. The van der Waals surface area contributed by atoms with Crippen molar-refractivity contribution in [3.05, 3.63) is 96.6 Å². The Hall–Kier alpha value is -4.22. The van der Waals surface area contributed by atoms with Crippen LogP contribution in [0.15, 0.2) is 95.9 Å². The van der Waals surface area contributed by atoms with Crippen molar-refractivity contribution in [1.82, 2.24) is 9.97 Å². The van der Waals surface area contributed by atoms with Gasteiger partial charge in [0.05, 0.1) is 22.2 Å². The van der Waals surface area contributed by atoms with Gasteiger partial charge < -0.3 is 4.74 Å². The first-order chi connectivity index (χ1) is 15.0. The van der Waals surface area contributed by atoms with Gasteiger partial charge in [-0.2, -0.15) is 10.2 Å². The van der Waals surface area contributed by atoms with Crippen molar-refractivity contribution in [2.24, 2.45) is 0 Å². The highest BCUT2D eigenvalue weighted by atomic mass is 32.2. The van der Waals surface area contributed by atoms with E-state index in [1.165, 1.54) is 12.1 Å². The Morgan fingerprint density at radius 2 is 1.55 bits per heavy atom. The van der Waals surface area contributed by atoms with Crippen molar-refractivity contribution in [2.75, 3.05) is 4.72 Å². The average Bonchev–Trinajstić information content (AvgIpc) is 2.80. The molecule has 3 aromatic carbocycles. The number of nitrogens with one attached hydrogen (secondary N) is 1. The van der Waals surface area contributed by atoms with Gasteiger partial charge in [-0.05, 0) is 36.4 Å². The number of hydrogen-bond acceptors (Lipinski definition) is 6. The molecule has 0 aliphatic carbocycles. The van der Waals surface area contributed by atoms with Crippen molar-refractivity contribution >= 4 is 16.0 Å². The predicted molar refractivity (Wildman–Crippen MR) is 116 cm³/mol. The van der Waals surface area contributed by atoms with Gasteiger partial charge in [-0.15, -0.1) is 0 Å². The first-order valence-corrected chi connectivity index (χ1v) is 10.7. The zero-order valence-corrected chi connectivity index (χ0v) is 17.0. The summed E-state index contributed by atoms with van der Waals surface area (Å²) in [4.78, 5) is 8.64. The highest BCUT2D eigenvalue weighted by Gasteiger charge is 2.17. The summed E-state index contributed by atoms with van der Waals surface area (Å²) in [5, 5.41) is 9.19. The molecule has 0 amide bonds. The highest BCUT2D eigenvalue weighted by Crippen LogP contribution is 2.27. The van der Waals surface area contributed by atoms with Gasteiger partial charge in [0.2, 0.25) is 11.8 Å². The fourth-order valence-corrected chi connectivity index (χ4v) is 3.77. The monoisotopic (exact) mass is 428 g/mol.